The van der Waals surface area contributed by atoms with Crippen molar-refractivity contribution in [3.8, 4) is 0 Å². The molecule has 0 aliphatic heterocycles. The van der Waals surface area contributed by atoms with Gasteiger partial charge in [0, 0.05) is 5.92 Å². The van der Waals surface area contributed by atoms with Crippen molar-refractivity contribution in [3.63, 3.8) is 0 Å². The zero-order valence-electron chi connectivity index (χ0n) is 10.2. The van der Waals surface area contributed by atoms with Crippen molar-refractivity contribution in [3.05, 3.63) is 35.9 Å². The Morgan fingerprint density at radius 2 is 1.67 bits per heavy atom. The molecule has 0 aromatic heterocycles. The predicted molar refractivity (Wildman–Crippen MR) is 64.9 cm³/mol. The van der Waals surface area contributed by atoms with Crippen LogP contribution in [0.4, 0.5) is 0 Å². The molecule has 0 spiro atoms. The van der Waals surface area contributed by atoms with E-state index in [0.717, 1.165) is 6.42 Å². The Kier molecular flexibility index (Phi) is 3.92. The molecule has 0 saturated heterocycles. The molecule has 0 fully saturated rings. The van der Waals surface area contributed by atoms with Gasteiger partial charge in [0.1, 0.15) is 0 Å². The molecule has 2 atom stereocenters. The molecule has 0 heterocycles. The first-order valence-electron chi connectivity index (χ1n) is 5.69. The normalized spacial score (nSPS) is 16.1. The number of aliphatic hydroxyl groups excluding tert-OH is 1. The molecule has 0 aliphatic carbocycles. The fourth-order valence-electron chi connectivity index (χ4n) is 1.95. The number of aliphatic hydroxyl groups is 1. The summed E-state index contributed by atoms with van der Waals surface area (Å²) in [6.45, 7) is 8.39. The fraction of sp³-hybridized carbons (Fsp3) is 0.571. The molecule has 0 radical (unpaired) electrons. The van der Waals surface area contributed by atoms with Crippen LogP contribution in [-0.4, -0.2) is 11.2 Å². The lowest BCUT2D eigenvalue weighted by molar-refractivity contribution is 0.0373. The second-order valence-electron chi connectivity index (χ2n) is 5.24. The minimum Gasteiger partial charge on any atom is -0.392 e. The summed E-state index contributed by atoms with van der Waals surface area (Å²) in [6, 6.07) is 10.3. The Balaban J connectivity index is 2.90. The topological polar surface area (TPSA) is 20.2 Å². The first-order valence-corrected chi connectivity index (χ1v) is 5.69. The Morgan fingerprint density at radius 3 is 2.07 bits per heavy atom. The van der Waals surface area contributed by atoms with E-state index in [1.807, 2.05) is 18.2 Å². The highest BCUT2D eigenvalue weighted by Crippen LogP contribution is 2.33. The third kappa shape index (κ3) is 3.07. The van der Waals surface area contributed by atoms with E-state index in [9.17, 15) is 5.11 Å². The lowest BCUT2D eigenvalue weighted by atomic mass is 9.77. The van der Waals surface area contributed by atoms with Crippen molar-refractivity contribution in [2.45, 2.75) is 46.1 Å². The highest BCUT2D eigenvalue weighted by molar-refractivity contribution is 5.21. The van der Waals surface area contributed by atoms with Crippen LogP contribution >= 0.6 is 0 Å². The first-order chi connectivity index (χ1) is 6.96. The minimum atomic E-state index is -0.287. The summed E-state index contributed by atoms with van der Waals surface area (Å²) in [4.78, 5) is 0. The Bertz CT molecular complexity index is 284. The van der Waals surface area contributed by atoms with Crippen molar-refractivity contribution in [1.82, 2.24) is 0 Å². The number of benzene rings is 1. The Morgan fingerprint density at radius 1 is 1.13 bits per heavy atom. The lowest BCUT2D eigenvalue weighted by Gasteiger charge is -2.32. The van der Waals surface area contributed by atoms with Gasteiger partial charge in [-0.2, -0.15) is 0 Å². The molecule has 1 aromatic rings. The Labute approximate surface area is 93.1 Å². The maximum atomic E-state index is 10.3. The molecular weight excluding hydrogens is 184 g/mol. The third-order valence-electron chi connectivity index (χ3n) is 2.94. The molecule has 0 bridgehead atoms. The summed E-state index contributed by atoms with van der Waals surface area (Å²) >= 11 is 0. The van der Waals surface area contributed by atoms with E-state index in [1.54, 1.807) is 0 Å². The SMILES string of the molecule is CCC(c1ccccc1)C(O)C(C)(C)C. The molecule has 0 saturated carbocycles. The molecule has 1 N–H and O–H groups in total. The molecule has 0 aliphatic rings. The molecule has 1 rings (SSSR count). The number of hydrogen-bond donors (Lipinski definition) is 1. The average molecular weight is 206 g/mol. The third-order valence-corrected chi connectivity index (χ3v) is 2.94. The van der Waals surface area contributed by atoms with Gasteiger partial charge in [-0.05, 0) is 17.4 Å². The molecule has 1 aromatic carbocycles. The van der Waals surface area contributed by atoms with Crippen molar-refractivity contribution < 1.29 is 5.11 Å². The average Bonchev–Trinajstić information content (AvgIpc) is 2.19. The van der Waals surface area contributed by atoms with E-state index >= 15 is 0 Å². The molecule has 15 heavy (non-hydrogen) atoms. The number of hydrogen-bond acceptors (Lipinski definition) is 1. The lowest BCUT2D eigenvalue weighted by Crippen LogP contribution is -2.32. The highest BCUT2D eigenvalue weighted by Gasteiger charge is 2.29. The van der Waals surface area contributed by atoms with Crippen molar-refractivity contribution in [2.75, 3.05) is 0 Å². The summed E-state index contributed by atoms with van der Waals surface area (Å²) < 4.78 is 0. The Hall–Kier alpha value is -0.820. The van der Waals surface area contributed by atoms with Crippen LogP contribution in [0.25, 0.3) is 0 Å². The monoisotopic (exact) mass is 206 g/mol. The second-order valence-corrected chi connectivity index (χ2v) is 5.24. The van der Waals surface area contributed by atoms with Gasteiger partial charge in [-0.25, -0.2) is 0 Å². The highest BCUT2D eigenvalue weighted by atomic mass is 16.3. The smallest absolute Gasteiger partial charge is 0.0656 e. The van der Waals surface area contributed by atoms with Crippen LogP contribution in [0.2, 0.25) is 0 Å². The van der Waals surface area contributed by atoms with Crippen LogP contribution in [0.5, 0.6) is 0 Å². The summed E-state index contributed by atoms with van der Waals surface area (Å²) in [5.41, 5.74) is 1.18. The minimum absolute atomic E-state index is 0.0590. The zero-order valence-corrected chi connectivity index (χ0v) is 10.2. The standard InChI is InChI=1S/C14H22O/c1-5-12(13(15)14(2,3)4)11-9-7-6-8-10-11/h6-10,12-13,15H,5H2,1-4H3. The van der Waals surface area contributed by atoms with Crippen molar-refractivity contribution >= 4 is 0 Å². The van der Waals surface area contributed by atoms with Gasteiger partial charge >= 0.3 is 0 Å². The van der Waals surface area contributed by atoms with Crippen LogP contribution in [-0.2, 0) is 0 Å². The van der Waals surface area contributed by atoms with Crippen LogP contribution in [0, 0.1) is 5.41 Å². The van der Waals surface area contributed by atoms with E-state index in [1.165, 1.54) is 5.56 Å². The maximum Gasteiger partial charge on any atom is 0.0656 e. The second kappa shape index (κ2) is 4.80. The summed E-state index contributed by atoms with van der Waals surface area (Å²) in [5, 5.41) is 10.3. The zero-order chi connectivity index (χ0) is 11.5. The van der Waals surface area contributed by atoms with Gasteiger partial charge in [0.15, 0.2) is 0 Å². The van der Waals surface area contributed by atoms with E-state index in [2.05, 4.69) is 39.8 Å². The summed E-state index contributed by atoms with van der Waals surface area (Å²) in [5.74, 6) is 0.242. The first kappa shape index (κ1) is 12.3. The largest absolute Gasteiger partial charge is 0.392 e. The maximum absolute atomic E-state index is 10.3. The predicted octanol–water partition coefficient (Wildman–Crippen LogP) is 3.59. The summed E-state index contributed by atoms with van der Waals surface area (Å²) in [7, 11) is 0. The van der Waals surface area contributed by atoms with E-state index in [4.69, 9.17) is 0 Å². The van der Waals surface area contributed by atoms with Gasteiger partial charge in [-0.1, -0.05) is 58.0 Å². The fourth-order valence-corrected chi connectivity index (χ4v) is 1.95. The van der Waals surface area contributed by atoms with E-state index < -0.39 is 0 Å². The van der Waals surface area contributed by atoms with Crippen LogP contribution in [0.15, 0.2) is 30.3 Å². The molecule has 1 nitrogen and oxygen atoms in total. The van der Waals surface area contributed by atoms with Gasteiger partial charge < -0.3 is 5.11 Å². The molecule has 2 unspecified atom stereocenters. The van der Waals surface area contributed by atoms with Crippen LogP contribution < -0.4 is 0 Å². The molecule has 84 valence electrons. The van der Waals surface area contributed by atoms with E-state index in [-0.39, 0.29) is 17.4 Å². The van der Waals surface area contributed by atoms with Gasteiger partial charge in [-0.15, -0.1) is 0 Å². The molecule has 1 heteroatoms. The van der Waals surface area contributed by atoms with Gasteiger partial charge in [0.2, 0.25) is 0 Å². The van der Waals surface area contributed by atoms with Gasteiger partial charge in [0.05, 0.1) is 6.10 Å². The van der Waals surface area contributed by atoms with Crippen LogP contribution in [0.3, 0.4) is 0 Å². The van der Waals surface area contributed by atoms with E-state index in [0.29, 0.717) is 0 Å². The van der Waals surface area contributed by atoms with Crippen molar-refractivity contribution in [1.29, 1.82) is 0 Å². The summed E-state index contributed by atoms with van der Waals surface area (Å²) in [6.07, 6.45) is 0.688. The number of rotatable bonds is 3. The molecular formula is C14H22O. The van der Waals surface area contributed by atoms with Crippen molar-refractivity contribution in [2.24, 2.45) is 5.41 Å². The van der Waals surface area contributed by atoms with Crippen LogP contribution in [0.1, 0.15) is 45.6 Å². The quantitative estimate of drug-likeness (QED) is 0.801. The molecule has 0 amide bonds. The van der Waals surface area contributed by atoms with Gasteiger partial charge in [-0.3, -0.25) is 0 Å². The van der Waals surface area contributed by atoms with Gasteiger partial charge in [0.25, 0.3) is 0 Å².